The first kappa shape index (κ1) is 8.74. The SMILES string of the molecule is NNC1NC=Cc2c(Br)cccc21. The maximum Gasteiger partial charge on any atom is 0.116 e. The second kappa shape index (κ2) is 3.49. The van der Waals surface area contributed by atoms with Gasteiger partial charge in [0.15, 0.2) is 0 Å². The van der Waals surface area contributed by atoms with Gasteiger partial charge >= 0.3 is 0 Å². The number of nitrogens with two attached hydrogens (primary N) is 1. The van der Waals surface area contributed by atoms with Crippen LogP contribution in [0.25, 0.3) is 6.08 Å². The molecule has 1 aromatic rings. The standard InChI is InChI=1S/C9H10BrN3/c10-8-3-1-2-7-6(8)4-5-12-9(7)13-11/h1-5,9,12-13H,11H2. The van der Waals surface area contributed by atoms with E-state index in [1.54, 1.807) is 0 Å². The van der Waals surface area contributed by atoms with Gasteiger partial charge in [0.25, 0.3) is 0 Å². The van der Waals surface area contributed by atoms with Crippen LogP contribution in [0.5, 0.6) is 0 Å². The Kier molecular flexibility index (Phi) is 2.35. The summed E-state index contributed by atoms with van der Waals surface area (Å²) in [4.78, 5) is 0. The lowest BCUT2D eigenvalue weighted by atomic mass is 10.0. The molecule has 13 heavy (non-hydrogen) atoms. The van der Waals surface area contributed by atoms with Crippen LogP contribution in [0, 0.1) is 0 Å². The van der Waals surface area contributed by atoms with Crippen LogP contribution in [0.2, 0.25) is 0 Å². The van der Waals surface area contributed by atoms with E-state index in [0.29, 0.717) is 0 Å². The number of fused-ring (bicyclic) bond motifs is 1. The third-order valence-electron chi connectivity index (χ3n) is 2.08. The number of rotatable bonds is 1. The summed E-state index contributed by atoms with van der Waals surface area (Å²) in [7, 11) is 0. The van der Waals surface area contributed by atoms with Gasteiger partial charge in [-0.15, -0.1) is 0 Å². The Morgan fingerprint density at radius 2 is 2.31 bits per heavy atom. The van der Waals surface area contributed by atoms with Crippen molar-refractivity contribution in [1.82, 2.24) is 10.7 Å². The van der Waals surface area contributed by atoms with E-state index in [0.717, 1.165) is 10.0 Å². The van der Waals surface area contributed by atoms with Crippen LogP contribution in [-0.2, 0) is 0 Å². The molecule has 0 amide bonds. The van der Waals surface area contributed by atoms with Gasteiger partial charge in [0.1, 0.15) is 6.17 Å². The smallest absolute Gasteiger partial charge is 0.116 e. The van der Waals surface area contributed by atoms with Crippen molar-refractivity contribution in [2.45, 2.75) is 6.17 Å². The normalized spacial score (nSPS) is 19.4. The van der Waals surface area contributed by atoms with Gasteiger partial charge in [0.2, 0.25) is 0 Å². The molecule has 1 aliphatic heterocycles. The van der Waals surface area contributed by atoms with Gasteiger partial charge in [0.05, 0.1) is 0 Å². The molecule has 0 aliphatic carbocycles. The Balaban J connectivity index is 2.53. The van der Waals surface area contributed by atoms with Gasteiger partial charge < -0.3 is 5.32 Å². The van der Waals surface area contributed by atoms with E-state index in [1.807, 2.05) is 30.5 Å². The highest BCUT2D eigenvalue weighted by molar-refractivity contribution is 9.10. The molecule has 0 saturated heterocycles. The van der Waals surface area contributed by atoms with E-state index in [4.69, 9.17) is 5.84 Å². The fraction of sp³-hybridized carbons (Fsp3) is 0.111. The Morgan fingerprint density at radius 1 is 1.46 bits per heavy atom. The monoisotopic (exact) mass is 239 g/mol. The molecule has 2 rings (SSSR count). The summed E-state index contributed by atoms with van der Waals surface area (Å²) >= 11 is 3.49. The zero-order valence-electron chi connectivity index (χ0n) is 6.92. The van der Waals surface area contributed by atoms with Gasteiger partial charge in [0, 0.05) is 4.47 Å². The lowest BCUT2D eigenvalue weighted by Gasteiger charge is -2.23. The van der Waals surface area contributed by atoms with E-state index in [1.165, 1.54) is 5.56 Å². The van der Waals surface area contributed by atoms with Crippen molar-refractivity contribution in [3.63, 3.8) is 0 Å². The minimum atomic E-state index is -0.00231. The Morgan fingerprint density at radius 3 is 3.08 bits per heavy atom. The molecular formula is C9H10BrN3. The summed E-state index contributed by atoms with van der Waals surface area (Å²) < 4.78 is 1.09. The molecule has 1 heterocycles. The summed E-state index contributed by atoms with van der Waals surface area (Å²) in [6, 6.07) is 6.05. The topological polar surface area (TPSA) is 50.1 Å². The molecule has 1 atom stereocenters. The predicted octanol–water partition coefficient (Wildman–Crippen LogP) is 1.48. The summed E-state index contributed by atoms with van der Waals surface area (Å²) in [5.41, 5.74) is 5.03. The van der Waals surface area contributed by atoms with Crippen molar-refractivity contribution in [3.05, 3.63) is 40.0 Å². The Hall–Kier alpha value is -0.840. The molecule has 3 nitrogen and oxygen atoms in total. The minimum Gasteiger partial charge on any atom is -0.371 e. The van der Waals surface area contributed by atoms with Crippen LogP contribution in [-0.4, -0.2) is 0 Å². The highest BCUT2D eigenvalue weighted by Gasteiger charge is 2.15. The Labute approximate surface area is 85.1 Å². The molecule has 1 unspecified atom stereocenters. The number of benzene rings is 1. The molecule has 68 valence electrons. The zero-order chi connectivity index (χ0) is 9.26. The van der Waals surface area contributed by atoms with Crippen molar-refractivity contribution >= 4 is 22.0 Å². The van der Waals surface area contributed by atoms with Gasteiger partial charge in [-0.3, -0.25) is 5.84 Å². The molecule has 0 fully saturated rings. The highest BCUT2D eigenvalue weighted by atomic mass is 79.9. The molecular weight excluding hydrogens is 230 g/mol. The third kappa shape index (κ3) is 1.48. The second-order valence-electron chi connectivity index (χ2n) is 2.84. The van der Waals surface area contributed by atoms with E-state index >= 15 is 0 Å². The maximum absolute atomic E-state index is 5.41. The second-order valence-corrected chi connectivity index (χ2v) is 3.70. The summed E-state index contributed by atoms with van der Waals surface area (Å²) in [5.74, 6) is 5.41. The molecule has 4 N–H and O–H groups in total. The van der Waals surface area contributed by atoms with Crippen LogP contribution in [0.1, 0.15) is 17.3 Å². The quantitative estimate of drug-likeness (QED) is 0.514. The number of hydrogen-bond donors (Lipinski definition) is 3. The number of hydrogen-bond acceptors (Lipinski definition) is 3. The number of halogens is 1. The highest BCUT2D eigenvalue weighted by Crippen LogP contribution is 2.27. The summed E-state index contributed by atoms with van der Waals surface area (Å²) in [6.07, 6.45) is 3.91. The van der Waals surface area contributed by atoms with Gasteiger partial charge in [-0.1, -0.05) is 28.1 Å². The molecule has 1 aromatic carbocycles. The van der Waals surface area contributed by atoms with Crippen molar-refractivity contribution in [3.8, 4) is 0 Å². The van der Waals surface area contributed by atoms with Gasteiger partial charge in [-0.05, 0) is 29.5 Å². The summed E-state index contributed by atoms with van der Waals surface area (Å²) in [5, 5.41) is 3.11. The molecule has 0 bridgehead atoms. The van der Waals surface area contributed by atoms with Crippen molar-refractivity contribution < 1.29 is 0 Å². The lowest BCUT2D eigenvalue weighted by Crippen LogP contribution is -2.37. The molecule has 0 aromatic heterocycles. The Bertz CT molecular complexity index is 349. The van der Waals surface area contributed by atoms with E-state index < -0.39 is 0 Å². The average Bonchev–Trinajstić information content (AvgIpc) is 2.18. The molecule has 0 radical (unpaired) electrons. The first-order chi connectivity index (χ1) is 6.33. The molecule has 0 spiro atoms. The molecule has 4 heteroatoms. The van der Waals surface area contributed by atoms with Crippen molar-refractivity contribution in [2.24, 2.45) is 5.84 Å². The molecule has 1 aliphatic rings. The van der Waals surface area contributed by atoms with E-state index in [9.17, 15) is 0 Å². The van der Waals surface area contributed by atoms with Crippen LogP contribution in [0.15, 0.2) is 28.9 Å². The zero-order valence-corrected chi connectivity index (χ0v) is 8.51. The lowest BCUT2D eigenvalue weighted by molar-refractivity contribution is 0.503. The number of nitrogens with one attached hydrogen (secondary N) is 2. The third-order valence-corrected chi connectivity index (χ3v) is 2.77. The maximum atomic E-state index is 5.41. The predicted molar refractivity (Wildman–Crippen MR) is 56.4 cm³/mol. The van der Waals surface area contributed by atoms with Crippen molar-refractivity contribution in [1.29, 1.82) is 0 Å². The van der Waals surface area contributed by atoms with Gasteiger partial charge in [-0.2, -0.15) is 0 Å². The molecule has 0 saturated carbocycles. The van der Waals surface area contributed by atoms with Gasteiger partial charge in [-0.25, -0.2) is 5.43 Å². The van der Waals surface area contributed by atoms with E-state index in [2.05, 4.69) is 26.7 Å². The van der Waals surface area contributed by atoms with Crippen molar-refractivity contribution in [2.75, 3.05) is 0 Å². The summed E-state index contributed by atoms with van der Waals surface area (Å²) in [6.45, 7) is 0. The fourth-order valence-corrected chi connectivity index (χ4v) is 1.95. The minimum absolute atomic E-state index is 0.00231. The first-order valence-corrected chi connectivity index (χ1v) is 4.79. The van der Waals surface area contributed by atoms with Crippen LogP contribution < -0.4 is 16.6 Å². The van der Waals surface area contributed by atoms with Crippen LogP contribution in [0.3, 0.4) is 0 Å². The van der Waals surface area contributed by atoms with Crippen LogP contribution >= 0.6 is 15.9 Å². The first-order valence-electron chi connectivity index (χ1n) is 4.00. The number of hydrazine groups is 1. The fourth-order valence-electron chi connectivity index (χ4n) is 1.44. The van der Waals surface area contributed by atoms with Crippen LogP contribution in [0.4, 0.5) is 0 Å². The average molecular weight is 240 g/mol. The largest absolute Gasteiger partial charge is 0.371 e. The van der Waals surface area contributed by atoms with E-state index in [-0.39, 0.29) is 6.17 Å².